The number of benzene rings is 3. The Morgan fingerprint density at radius 2 is 1.69 bits per heavy atom. The van der Waals surface area contributed by atoms with E-state index < -0.39 is 12.0 Å². The molecule has 1 aliphatic rings. The predicted molar refractivity (Wildman–Crippen MR) is 134 cm³/mol. The second-order valence-corrected chi connectivity index (χ2v) is 8.26. The summed E-state index contributed by atoms with van der Waals surface area (Å²) in [5.74, 6) is 0.488. The molecular weight excluding hydrogens is 444 g/mol. The van der Waals surface area contributed by atoms with Crippen LogP contribution in [0.3, 0.4) is 0 Å². The molecule has 0 radical (unpaired) electrons. The van der Waals surface area contributed by atoms with Crippen molar-refractivity contribution in [1.29, 1.82) is 0 Å². The molecule has 0 fully saturated rings. The van der Waals surface area contributed by atoms with Crippen LogP contribution in [0.1, 0.15) is 34.7 Å². The largest absolute Gasteiger partial charge is 0.489 e. The summed E-state index contributed by atoms with van der Waals surface area (Å²) in [6, 6.07) is 22.6. The molecule has 0 aromatic heterocycles. The molecule has 3 aromatic carbocycles. The van der Waals surface area contributed by atoms with E-state index in [9.17, 15) is 4.79 Å². The normalized spacial score (nSPS) is 13.5. The maximum Gasteiger partial charge on any atom is 0.305 e. The molecule has 7 nitrogen and oxygen atoms in total. The smallest absolute Gasteiger partial charge is 0.305 e. The minimum absolute atomic E-state index is 0.112. The molecule has 0 saturated heterocycles. The van der Waals surface area contributed by atoms with Crippen LogP contribution in [0.15, 0.2) is 83.5 Å². The third-order valence-electron chi connectivity index (χ3n) is 5.75. The fourth-order valence-electron chi connectivity index (χ4n) is 3.87. The van der Waals surface area contributed by atoms with Gasteiger partial charge in [0.2, 0.25) is 0 Å². The highest BCUT2D eigenvalue weighted by Crippen LogP contribution is 2.26. The van der Waals surface area contributed by atoms with E-state index in [0.29, 0.717) is 19.0 Å². The summed E-state index contributed by atoms with van der Waals surface area (Å²) < 4.78 is 11.8. The fraction of sp³-hybridized carbons (Fsp3) is 0.214. The van der Waals surface area contributed by atoms with E-state index in [1.54, 1.807) is 24.3 Å². The van der Waals surface area contributed by atoms with Gasteiger partial charge in [-0.25, -0.2) is 0 Å². The summed E-state index contributed by atoms with van der Waals surface area (Å²) in [5, 5.41) is 13.1. The Labute approximate surface area is 204 Å². The van der Waals surface area contributed by atoms with Gasteiger partial charge in [0.05, 0.1) is 6.42 Å². The monoisotopic (exact) mass is 472 g/mol. The number of oxime groups is 1. The van der Waals surface area contributed by atoms with Crippen molar-refractivity contribution in [3.8, 4) is 11.5 Å². The molecule has 180 valence electrons. The zero-order valence-corrected chi connectivity index (χ0v) is 19.5. The topological polar surface area (TPSA) is 103 Å². The van der Waals surface area contributed by atoms with Gasteiger partial charge in [0.25, 0.3) is 0 Å². The number of carboxylic acids is 1. The molecule has 0 heterocycles. The molecular formula is C28H28N2O5. The van der Waals surface area contributed by atoms with Crippen molar-refractivity contribution in [1.82, 2.24) is 0 Å². The SMILES string of the molecule is CO/N=C(\COc1ccc(COc2ccc(C(N)CC(=O)O)cc2)cc1)C1=Cc2ccccc2C1. The molecule has 0 spiro atoms. The molecule has 35 heavy (non-hydrogen) atoms. The van der Waals surface area contributed by atoms with Crippen LogP contribution >= 0.6 is 0 Å². The standard InChI is InChI=1S/C28H28N2O5/c1-33-30-27(23-14-21-4-2-3-5-22(21)15-23)18-35-24-10-6-19(7-11-24)17-34-25-12-8-20(9-13-25)26(29)16-28(31)32/h2-14,26H,15-18,29H2,1H3,(H,31,32)/b30-27+. The quantitative estimate of drug-likeness (QED) is 0.308. The first-order chi connectivity index (χ1) is 17.0. The average molecular weight is 473 g/mol. The van der Waals surface area contributed by atoms with Crippen molar-refractivity contribution >= 4 is 17.8 Å². The van der Waals surface area contributed by atoms with Crippen molar-refractivity contribution < 1.29 is 24.2 Å². The van der Waals surface area contributed by atoms with E-state index >= 15 is 0 Å². The molecule has 1 unspecified atom stereocenters. The Balaban J connectivity index is 1.29. The lowest BCUT2D eigenvalue weighted by Crippen LogP contribution is -2.15. The molecule has 1 aliphatic carbocycles. The molecule has 0 amide bonds. The number of rotatable bonds is 11. The molecule has 3 aromatic rings. The first-order valence-corrected chi connectivity index (χ1v) is 11.3. The number of hydrogen-bond donors (Lipinski definition) is 2. The van der Waals surface area contributed by atoms with Crippen LogP contribution in [0, 0.1) is 0 Å². The van der Waals surface area contributed by atoms with Crippen molar-refractivity contribution in [2.75, 3.05) is 13.7 Å². The van der Waals surface area contributed by atoms with E-state index in [1.165, 1.54) is 18.2 Å². The molecule has 1 atom stereocenters. The van der Waals surface area contributed by atoms with Crippen molar-refractivity contribution in [2.45, 2.75) is 25.5 Å². The van der Waals surface area contributed by atoms with Crippen LogP contribution in [0.2, 0.25) is 0 Å². The Morgan fingerprint density at radius 3 is 2.37 bits per heavy atom. The van der Waals surface area contributed by atoms with Gasteiger partial charge in [-0.15, -0.1) is 0 Å². The summed E-state index contributed by atoms with van der Waals surface area (Å²) in [6.07, 6.45) is 2.83. The van der Waals surface area contributed by atoms with E-state index in [1.807, 2.05) is 36.4 Å². The van der Waals surface area contributed by atoms with Gasteiger partial charge in [0.15, 0.2) is 0 Å². The molecule has 0 aliphatic heterocycles. The van der Waals surface area contributed by atoms with Gasteiger partial charge in [-0.05, 0) is 58.2 Å². The van der Waals surface area contributed by atoms with E-state index in [4.69, 9.17) is 25.2 Å². The van der Waals surface area contributed by atoms with Crippen LogP contribution in [-0.2, 0) is 22.7 Å². The highest BCUT2D eigenvalue weighted by Gasteiger charge is 2.18. The lowest BCUT2D eigenvalue weighted by Gasteiger charge is -2.12. The van der Waals surface area contributed by atoms with Gasteiger partial charge in [-0.2, -0.15) is 0 Å². The molecule has 0 bridgehead atoms. The maximum atomic E-state index is 10.8. The minimum Gasteiger partial charge on any atom is -0.489 e. The number of aliphatic carboxylic acids is 1. The first-order valence-electron chi connectivity index (χ1n) is 11.3. The molecule has 3 N–H and O–H groups in total. The highest BCUT2D eigenvalue weighted by atomic mass is 16.6. The van der Waals surface area contributed by atoms with Crippen LogP contribution in [0.4, 0.5) is 0 Å². The van der Waals surface area contributed by atoms with Gasteiger partial charge in [0, 0.05) is 12.5 Å². The number of ether oxygens (including phenoxy) is 2. The van der Waals surface area contributed by atoms with Crippen LogP contribution < -0.4 is 15.2 Å². The van der Waals surface area contributed by atoms with Crippen molar-refractivity contribution in [3.05, 3.63) is 101 Å². The fourth-order valence-corrected chi connectivity index (χ4v) is 3.87. The molecule has 7 heteroatoms. The Kier molecular flexibility index (Phi) is 7.80. The average Bonchev–Trinajstić information content (AvgIpc) is 3.30. The van der Waals surface area contributed by atoms with E-state index in [2.05, 4.69) is 23.4 Å². The van der Waals surface area contributed by atoms with Gasteiger partial charge in [-0.1, -0.05) is 53.7 Å². The first kappa shape index (κ1) is 24.0. The van der Waals surface area contributed by atoms with Crippen LogP contribution in [0.25, 0.3) is 6.08 Å². The maximum absolute atomic E-state index is 10.8. The Hall–Kier alpha value is -4.10. The lowest BCUT2D eigenvalue weighted by molar-refractivity contribution is -0.137. The lowest BCUT2D eigenvalue weighted by atomic mass is 10.0. The van der Waals surface area contributed by atoms with Gasteiger partial charge >= 0.3 is 5.97 Å². The third-order valence-corrected chi connectivity index (χ3v) is 5.75. The summed E-state index contributed by atoms with van der Waals surface area (Å²) in [6.45, 7) is 0.697. The molecule has 4 rings (SSSR count). The number of carbonyl (C=O) groups is 1. The second-order valence-electron chi connectivity index (χ2n) is 8.26. The van der Waals surface area contributed by atoms with Gasteiger partial charge < -0.3 is 25.2 Å². The summed E-state index contributed by atoms with van der Waals surface area (Å²) in [7, 11) is 1.54. The summed E-state index contributed by atoms with van der Waals surface area (Å²) in [4.78, 5) is 15.9. The van der Waals surface area contributed by atoms with Gasteiger partial charge in [0.1, 0.15) is 37.5 Å². The number of hydrogen-bond acceptors (Lipinski definition) is 6. The zero-order chi connectivity index (χ0) is 24.6. The Bertz CT molecular complexity index is 1220. The number of nitrogens with zero attached hydrogens (tertiary/aromatic N) is 1. The van der Waals surface area contributed by atoms with Crippen molar-refractivity contribution in [3.63, 3.8) is 0 Å². The highest BCUT2D eigenvalue weighted by molar-refractivity contribution is 6.06. The van der Waals surface area contributed by atoms with E-state index in [0.717, 1.165) is 34.6 Å². The second kappa shape index (κ2) is 11.4. The van der Waals surface area contributed by atoms with Crippen LogP contribution in [0.5, 0.6) is 11.5 Å². The minimum atomic E-state index is -0.923. The number of fused-ring (bicyclic) bond motifs is 1. The predicted octanol–water partition coefficient (Wildman–Crippen LogP) is 4.76. The zero-order valence-electron chi connectivity index (χ0n) is 19.5. The number of nitrogens with two attached hydrogens (primary N) is 1. The van der Waals surface area contributed by atoms with Crippen LogP contribution in [-0.4, -0.2) is 30.5 Å². The summed E-state index contributed by atoms with van der Waals surface area (Å²) in [5.41, 5.74) is 12.0. The third kappa shape index (κ3) is 6.49. The summed E-state index contributed by atoms with van der Waals surface area (Å²) >= 11 is 0. The Morgan fingerprint density at radius 1 is 1.00 bits per heavy atom. The molecule has 0 saturated carbocycles. The van der Waals surface area contributed by atoms with Gasteiger partial charge in [-0.3, -0.25) is 4.79 Å². The van der Waals surface area contributed by atoms with Crippen molar-refractivity contribution in [2.24, 2.45) is 10.9 Å². The number of carboxylic acid groups (broad SMARTS) is 1. The van der Waals surface area contributed by atoms with E-state index in [-0.39, 0.29) is 6.42 Å².